The molecule has 0 aliphatic carbocycles. The number of benzene rings is 2. The predicted molar refractivity (Wildman–Crippen MR) is 135 cm³/mol. The molecule has 2 amide bonds. The summed E-state index contributed by atoms with van der Waals surface area (Å²) in [5, 5.41) is 12.2. The van der Waals surface area contributed by atoms with E-state index in [0.717, 1.165) is 22.9 Å². The van der Waals surface area contributed by atoms with Gasteiger partial charge in [-0.25, -0.2) is 0 Å². The molecule has 1 aliphatic heterocycles. The number of aliphatic carboxylic acids is 1. The van der Waals surface area contributed by atoms with Gasteiger partial charge < -0.3 is 15.3 Å². The fraction of sp³-hybridized carbons (Fsp3) is 0.360. The van der Waals surface area contributed by atoms with E-state index in [-0.39, 0.29) is 11.0 Å². The fourth-order valence-corrected chi connectivity index (χ4v) is 5.73. The Hall–Kier alpha value is -2.78. The van der Waals surface area contributed by atoms with E-state index in [2.05, 4.69) is 5.32 Å². The van der Waals surface area contributed by atoms with Crippen molar-refractivity contribution >= 4 is 46.4 Å². The van der Waals surface area contributed by atoms with Crippen molar-refractivity contribution in [1.82, 2.24) is 10.2 Å². The lowest BCUT2D eigenvalue weighted by Crippen LogP contribution is -2.52. The highest BCUT2D eigenvalue weighted by molar-refractivity contribution is 8.13. The molecule has 1 heterocycles. The number of nitrogens with zero attached hydrogens (tertiary/aromatic N) is 1. The minimum absolute atomic E-state index is 0.0784. The standard InChI is InChI=1S/C25H28N2O5S2/c1-17(28)34-14-20(12-18-8-4-2-5-9-18)24(31)26-21-15-33-16-22(19-10-6-3-7-11-19)27(25(21)32)13-23(29)30/h2-11,20-22H,12-16H2,1H3,(H,26,31)(H,29,30). The lowest BCUT2D eigenvalue weighted by Gasteiger charge is -2.31. The lowest BCUT2D eigenvalue weighted by atomic mass is 9.99. The van der Waals surface area contributed by atoms with Crippen molar-refractivity contribution < 1.29 is 24.3 Å². The van der Waals surface area contributed by atoms with Gasteiger partial charge in [-0.05, 0) is 17.5 Å². The van der Waals surface area contributed by atoms with Gasteiger partial charge in [0.1, 0.15) is 12.6 Å². The van der Waals surface area contributed by atoms with Crippen molar-refractivity contribution in [2.45, 2.75) is 25.4 Å². The smallest absolute Gasteiger partial charge is 0.323 e. The van der Waals surface area contributed by atoms with E-state index in [1.807, 2.05) is 60.7 Å². The molecule has 34 heavy (non-hydrogen) atoms. The molecular formula is C25H28N2O5S2. The number of nitrogens with one attached hydrogen (secondary N) is 1. The highest BCUT2D eigenvalue weighted by Gasteiger charge is 2.37. The second-order valence-electron chi connectivity index (χ2n) is 8.07. The quantitative estimate of drug-likeness (QED) is 0.545. The number of carboxylic acid groups (broad SMARTS) is 1. The third kappa shape index (κ3) is 7.36. The topological polar surface area (TPSA) is 104 Å². The summed E-state index contributed by atoms with van der Waals surface area (Å²) in [7, 11) is 0. The summed E-state index contributed by atoms with van der Waals surface area (Å²) in [4.78, 5) is 51.1. The van der Waals surface area contributed by atoms with Crippen molar-refractivity contribution in [1.29, 1.82) is 0 Å². The Bertz CT molecular complexity index is 1000. The first kappa shape index (κ1) is 25.8. The summed E-state index contributed by atoms with van der Waals surface area (Å²) in [6.45, 7) is 1.01. The van der Waals surface area contributed by atoms with Crippen molar-refractivity contribution in [2.24, 2.45) is 5.92 Å². The highest BCUT2D eigenvalue weighted by atomic mass is 32.2. The second kappa shape index (κ2) is 12.6. The number of carbonyl (C=O) groups is 4. The van der Waals surface area contributed by atoms with Crippen LogP contribution in [0.1, 0.15) is 24.1 Å². The molecule has 0 bridgehead atoms. The molecule has 2 N–H and O–H groups in total. The summed E-state index contributed by atoms with van der Waals surface area (Å²) in [6, 6.07) is 17.6. The molecule has 3 unspecified atom stereocenters. The molecule has 3 atom stereocenters. The first-order valence-electron chi connectivity index (χ1n) is 11.0. The zero-order chi connectivity index (χ0) is 24.5. The van der Waals surface area contributed by atoms with Gasteiger partial charge in [-0.2, -0.15) is 11.8 Å². The van der Waals surface area contributed by atoms with Gasteiger partial charge in [-0.3, -0.25) is 19.2 Å². The molecule has 180 valence electrons. The Kier molecular flexibility index (Phi) is 9.59. The zero-order valence-corrected chi connectivity index (χ0v) is 20.5. The normalized spacial score (nSPS) is 19.2. The molecule has 1 fully saturated rings. The third-order valence-corrected chi connectivity index (χ3v) is 7.60. The number of carboxylic acids is 1. The summed E-state index contributed by atoms with van der Waals surface area (Å²) in [6.07, 6.45) is 0.437. The van der Waals surface area contributed by atoms with Crippen LogP contribution in [0, 0.1) is 5.92 Å². The average Bonchev–Trinajstić information content (AvgIpc) is 2.96. The van der Waals surface area contributed by atoms with Crippen molar-refractivity contribution in [3.8, 4) is 0 Å². The molecule has 7 nitrogen and oxygen atoms in total. The monoisotopic (exact) mass is 500 g/mol. The van der Waals surface area contributed by atoms with Crippen LogP contribution in [0.3, 0.4) is 0 Å². The first-order chi connectivity index (χ1) is 16.3. The van der Waals surface area contributed by atoms with Crippen LogP contribution in [0.5, 0.6) is 0 Å². The predicted octanol–water partition coefficient (Wildman–Crippen LogP) is 3.01. The van der Waals surface area contributed by atoms with Gasteiger partial charge >= 0.3 is 5.97 Å². The van der Waals surface area contributed by atoms with E-state index in [9.17, 15) is 24.3 Å². The van der Waals surface area contributed by atoms with Gasteiger partial charge in [0.25, 0.3) is 0 Å². The van der Waals surface area contributed by atoms with Gasteiger partial charge in [0.2, 0.25) is 11.8 Å². The zero-order valence-electron chi connectivity index (χ0n) is 18.9. The Morgan fingerprint density at radius 1 is 1.09 bits per heavy atom. The Balaban J connectivity index is 1.78. The number of hydrogen-bond donors (Lipinski definition) is 2. The van der Waals surface area contributed by atoms with E-state index in [4.69, 9.17) is 0 Å². The molecule has 1 saturated heterocycles. The minimum atomic E-state index is -1.11. The van der Waals surface area contributed by atoms with Gasteiger partial charge in [-0.15, -0.1) is 0 Å². The van der Waals surface area contributed by atoms with Crippen LogP contribution < -0.4 is 5.32 Å². The summed E-state index contributed by atoms with van der Waals surface area (Å²) in [5.41, 5.74) is 1.82. The number of rotatable bonds is 9. The molecule has 2 aromatic rings. The summed E-state index contributed by atoms with van der Waals surface area (Å²) in [5.74, 6) is -1.15. The minimum Gasteiger partial charge on any atom is -0.480 e. The average molecular weight is 501 g/mol. The first-order valence-corrected chi connectivity index (χ1v) is 13.1. The van der Waals surface area contributed by atoms with Gasteiger partial charge in [0, 0.05) is 24.2 Å². The van der Waals surface area contributed by atoms with Crippen LogP contribution in [-0.2, 0) is 25.6 Å². The number of amides is 2. The van der Waals surface area contributed by atoms with Gasteiger partial charge in [0.05, 0.1) is 12.0 Å². The molecule has 0 spiro atoms. The molecule has 2 aromatic carbocycles. The summed E-state index contributed by atoms with van der Waals surface area (Å²) >= 11 is 2.59. The molecule has 0 saturated carbocycles. The number of hydrogen-bond acceptors (Lipinski definition) is 6. The van der Waals surface area contributed by atoms with Crippen LogP contribution in [0.4, 0.5) is 0 Å². The van der Waals surface area contributed by atoms with Crippen LogP contribution in [0.25, 0.3) is 0 Å². The van der Waals surface area contributed by atoms with E-state index >= 15 is 0 Å². The van der Waals surface area contributed by atoms with E-state index in [0.29, 0.717) is 23.7 Å². The van der Waals surface area contributed by atoms with E-state index in [1.165, 1.54) is 23.6 Å². The van der Waals surface area contributed by atoms with Crippen molar-refractivity contribution in [2.75, 3.05) is 23.8 Å². The van der Waals surface area contributed by atoms with Crippen LogP contribution in [0.15, 0.2) is 60.7 Å². The second-order valence-corrected chi connectivity index (χ2v) is 10.3. The largest absolute Gasteiger partial charge is 0.480 e. The Labute approximate surface area is 207 Å². The highest BCUT2D eigenvalue weighted by Crippen LogP contribution is 2.29. The Morgan fingerprint density at radius 3 is 2.35 bits per heavy atom. The van der Waals surface area contributed by atoms with Crippen LogP contribution in [-0.4, -0.2) is 62.8 Å². The molecule has 0 aromatic heterocycles. The molecular weight excluding hydrogens is 472 g/mol. The van der Waals surface area contributed by atoms with Gasteiger partial charge in [-0.1, -0.05) is 72.4 Å². The van der Waals surface area contributed by atoms with Crippen LogP contribution in [0.2, 0.25) is 0 Å². The lowest BCUT2D eigenvalue weighted by molar-refractivity contribution is -0.147. The maximum absolute atomic E-state index is 13.4. The third-order valence-electron chi connectivity index (χ3n) is 5.51. The van der Waals surface area contributed by atoms with E-state index in [1.54, 1.807) is 0 Å². The maximum Gasteiger partial charge on any atom is 0.323 e. The maximum atomic E-state index is 13.4. The Morgan fingerprint density at radius 2 is 1.74 bits per heavy atom. The molecule has 3 rings (SSSR count). The van der Waals surface area contributed by atoms with Crippen molar-refractivity contribution in [3.05, 3.63) is 71.8 Å². The SMILES string of the molecule is CC(=O)SCC(Cc1ccccc1)C(=O)NC1CSCC(c2ccccc2)N(CC(=O)O)C1=O. The van der Waals surface area contributed by atoms with Gasteiger partial charge in [0.15, 0.2) is 5.12 Å². The van der Waals surface area contributed by atoms with Crippen LogP contribution >= 0.6 is 23.5 Å². The number of carbonyl (C=O) groups excluding carboxylic acids is 3. The number of thioether (sulfide) groups is 2. The van der Waals surface area contributed by atoms with E-state index < -0.39 is 36.4 Å². The van der Waals surface area contributed by atoms with Crippen molar-refractivity contribution in [3.63, 3.8) is 0 Å². The molecule has 0 radical (unpaired) electrons. The fourth-order valence-electron chi connectivity index (χ4n) is 3.83. The molecule has 1 aliphatic rings. The summed E-state index contributed by atoms with van der Waals surface area (Å²) < 4.78 is 0. The molecule has 9 heteroatoms.